The zero-order valence-electron chi connectivity index (χ0n) is 7.75. The summed E-state index contributed by atoms with van der Waals surface area (Å²) in [5, 5.41) is 7.50. The van der Waals surface area contributed by atoms with E-state index >= 15 is 0 Å². The Morgan fingerprint density at radius 2 is 2.36 bits per heavy atom. The first-order valence-electron chi connectivity index (χ1n) is 3.93. The number of nitrogens with zero attached hydrogens (tertiary/aromatic N) is 6. The SMILES string of the molecule is CN=Cc1ncn2c(=O)n(C)nnc12. The molecule has 2 heterocycles. The molecule has 2 aromatic heterocycles. The second-order valence-corrected chi connectivity index (χ2v) is 2.71. The summed E-state index contributed by atoms with van der Waals surface area (Å²) in [4.78, 5) is 19.3. The lowest BCUT2D eigenvalue weighted by molar-refractivity contribution is 0.607. The molecule has 0 radical (unpaired) electrons. The lowest BCUT2D eigenvalue weighted by atomic mass is 10.5. The predicted molar refractivity (Wildman–Crippen MR) is 49.5 cm³/mol. The van der Waals surface area contributed by atoms with Crippen molar-refractivity contribution in [3.8, 4) is 0 Å². The van der Waals surface area contributed by atoms with Gasteiger partial charge in [-0.1, -0.05) is 5.21 Å². The maximum atomic E-state index is 11.5. The van der Waals surface area contributed by atoms with Crippen LogP contribution < -0.4 is 5.69 Å². The zero-order chi connectivity index (χ0) is 10.1. The van der Waals surface area contributed by atoms with Gasteiger partial charge in [0, 0.05) is 14.1 Å². The van der Waals surface area contributed by atoms with Gasteiger partial charge in [0.05, 0.1) is 6.21 Å². The number of rotatable bonds is 1. The Labute approximate surface area is 78.7 Å². The Balaban J connectivity index is 2.84. The fourth-order valence-electron chi connectivity index (χ4n) is 1.11. The number of hydrogen-bond acceptors (Lipinski definition) is 5. The summed E-state index contributed by atoms with van der Waals surface area (Å²) in [6.45, 7) is 0. The normalized spacial score (nSPS) is 11.6. The first-order chi connectivity index (χ1) is 6.74. The van der Waals surface area contributed by atoms with Crippen LogP contribution in [0.25, 0.3) is 5.65 Å². The summed E-state index contributed by atoms with van der Waals surface area (Å²) in [5.41, 5.74) is 0.676. The minimum atomic E-state index is -0.279. The van der Waals surface area contributed by atoms with Crippen molar-refractivity contribution in [3.63, 3.8) is 0 Å². The van der Waals surface area contributed by atoms with Crippen molar-refractivity contribution in [1.82, 2.24) is 24.4 Å². The fourth-order valence-corrected chi connectivity index (χ4v) is 1.11. The third kappa shape index (κ3) is 1.10. The molecule has 0 unspecified atom stereocenters. The van der Waals surface area contributed by atoms with E-state index in [9.17, 15) is 4.79 Å². The van der Waals surface area contributed by atoms with Gasteiger partial charge in [0.1, 0.15) is 12.0 Å². The summed E-state index contributed by atoms with van der Waals surface area (Å²) < 4.78 is 2.46. The van der Waals surface area contributed by atoms with Crippen LogP contribution in [0, 0.1) is 0 Å². The Morgan fingerprint density at radius 3 is 3.07 bits per heavy atom. The first kappa shape index (κ1) is 8.54. The lowest BCUT2D eigenvalue weighted by Crippen LogP contribution is -2.27. The first-order valence-corrected chi connectivity index (χ1v) is 3.93. The molecule has 0 bridgehead atoms. The van der Waals surface area contributed by atoms with Crippen LogP contribution in [0.1, 0.15) is 5.69 Å². The summed E-state index contributed by atoms with van der Waals surface area (Å²) in [5.74, 6) is 0. The summed E-state index contributed by atoms with van der Waals surface area (Å²) in [6.07, 6.45) is 2.94. The number of fused-ring (bicyclic) bond motifs is 1. The molecule has 0 aliphatic carbocycles. The maximum absolute atomic E-state index is 11.5. The summed E-state index contributed by atoms with van der Waals surface area (Å²) >= 11 is 0. The molecule has 7 heteroatoms. The van der Waals surface area contributed by atoms with E-state index in [2.05, 4.69) is 20.3 Å². The highest BCUT2D eigenvalue weighted by molar-refractivity contribution is 5.84. The standard InChI is InChI=1S/C7H8N6O/c1-8-3-5-6-10-11-12(2)7(14)13(6)4-9-5/h3-4H,1-2H3. The minimum absolute atomic E-state index is 0.279. The van der Waals surface area contributed by atoms with Gasteiger partial charge in [-0.2, -0.15) is 4.68 Å². The van der Waals surface area contributed by atoms with Crippen LogP contribution >= 0.6 is 0 Å². The van der Waals surface area contributed by atoms with E-state index in [-0.39, 0.29) is 5.69 Å². The second kappa shape index (κ2) is 3.02. The highest BCUT2D eigenvalue weighted by Gasteiger charge is 2.07. The highest BCUT2D eigenvalue weighted by Crippen LogP contribution is 1.98. The number of aromatic nitrogens is 5. The molecule has 0 spiro atoms. The van der Waals surface area contributed by atoms with Crippen molar-refractivity contribution in [3.05, 3.63) is 22.5 Å². The van der Waals surface area contributed by atoms with Crippen molar-refractivity contribution in [2.24, 2.45) is 12.0 Å². The Kier molecular flexibility index (Phi) is 1.84. The van der Waals surface area contributed by atoms with Gasteiger partial charge >= 0.3 is 5.69 Å². The average Bonchev–Trinajstić information content (AvgIpc) is 2.57. The third-order valence-electron chi connectivity index (χ3n) is 1.78. The van der Waals surface area contributed by atoms with Gasteiger partial charge in [-0.25, -0.2) is 14.2 Å². The van der Waals surface area contributed by atoms with E-state index in [0.29, 0.717) is 11.3 Å². The molecular weight excluding hydrogens is 184 g/mol. The van der Waals surface area contributed by atoms with Crippen LogP contribution in [0.2, 0.25) is 0 Å². The van der Waals surface area contributed by atoms with Crippen LogP contribution in [-0.4, -0.2) is 37.6 Å². The van der Waals surface area contributed by atoms with Crippen molar-refractivity contribution in [1.29, 1.82) is 0 Å². The topological polar surface area (TPSA) is 77.4 Å². The van der Waals surface area contributed by atoms with E-state index in [1.54, 1.807) is 7.05 Å². The molecule has 0 aromatic carbocycles. The van der Waals surface area contributed by atoms with Gasteiger partial charge in [0.2, 0.25) is 0 Å². The molecule has 2 aromatic rings. The molecule has 0 saturated heterocycles. The van der Waals surface area contributed by atoms with Crippen LogP contribution in [0.15, 0.2) is 16.1 Å². The molecule has 0 atom stereocenters. The average molecular weight is 192 g/mol. The number of aliphatic imine (C=N–C) groups is 1. The molecule has 72 valence electrons. The van der Waals surface area contributed by atoms with E-state index in [4.69, 9.17) is 0 Å². The van der Waals surface area contributed by atoms with E-state index in [0.717, 1.165) is 4.68 Å². The molecular formula is C7H8N6O. The number of hydrogen-bond donors (Lipinski definition) is 0. The second-order valence-electron chi connectivity index (χ2n) is 2.71. The Morgan fingerprint density at radius 1 is 1.57 bits per heavy atom. The molecule has 7 nitrogen and oxygen atoms in total. The van der Waals surface area contributed by atoms with E-state index < -0.39 is 0 Å². The van der Waals surface area contributed by atoms with Gasteiger partial charge < -0.3 is 0 Å². The fraction of sp³-hybridized carbons (Fsp3) is 0.286. The van der Waals surface area contributed by atoms with E-state index in [1.807, 2.05) is 0 Å². The molecule has 2 rings (SSSR count). The molecule has 0 aliphatic heterocycles. The lowest BCUT2D eigenvalue weighted by Gasteiger charge is -1.94. The predicted octanol–water partition coefficient (Wildman–Crippen LogP) is -1.13. The molecule has 0 N–H and O–H groups in total. The van der Waals surface area contributed by atoms with Crippen molar-refractivity contribution >= 4 is 11.9 Å². The van der Waals surface area contributed by atoms with Crippen molar-refractivity contribution < 1.29 is 0 Å². The molecule has 0 saturated carbocycles. The molecule has 14 heavy (non-hydrogen) atoms. The van der Waals surface area contributed by atoms with E-state index in [1.165, 1.54) is 24.0 Å². The van der Waals surface area contributed by atoms with Crippen LogP contribution in [0.5, 0.6) is 0 Å². The Hall–Kier alpha value is -2.05. The van der Waals surface area contributed by atoms with Gasteiger partial charge in [-0.05, 0) is 0 Å². The monoisotopic (exact) mass is 192 g/mol. The summed E-state index contributed by atoms with van der Waals surface area (Å²) in [7, 11) is 3.15. The van der Waals surface area contributed by atoms with Gasteiger partial charge in [0.15, 0.2) is 5.65 Å². The maximum Gasteiger partial charge on any atom is 0.352 e. The van der Waals surface area contributed by atoms with Gasteiger partial charge in [-0.3, -0.25) is 4.99 Å². The highest BCUT2D eigenvalue weighted by atomic mass is 16.2. The molecule has 0 fully saturated rings. The van der Waals surface area contributed by atoms with Gasteiger partial charge in [0.25, 0.3) is 0 Å². The zero-order valence-corrected chi connectivity index (χ0v) is 7.75. The Bertz CT molecular complexity index is 551. The van der Waals surface area contributed by atoms with Crippen molar-refractivity contribution in [2.75, 3.05) is 7.05 Å². The number of aryl methyl sites for hydroxylation is 1. The summed E-state index contributed by atoms with van der Waals surface area (Å²) in [6, 6.07) is 0. The van der Waals surface area contributed by atoms with Crippen LogP contribution in [-0.2, 0) is 7.05 Å². The smallest absolute Gasteiger partial charge is 0.294 e. The molecule has 0 amide bonds. The van der Waals surface area contributed by atoms with Gasteiger partial charge in [-0.15, -0.1) is 5.10 Å². The van der Waals surface area contributed by atoms with Crippen LogP contribution in [0.4, 0.5) is 0 Å². The molecule has 0 aliphatic rings. The third-order valence-corrected chi connectivity index (χ3v) is 1.78. The largest absolute Gasteiger partial charge is 0.352 e. The minimum Gasteiger partial charge on any atom is -0.294 e. The number of imidazole rings is 1. The van der Waals surface area contributed by atoms with Crippen molar-refractivity contribution in [2.45, 2.75) is 0 Å². The van der Waals surface area contributed by atoms with Crippen LogP contribution in [0.3, 0.4) is 0 Å². The quantitative estimate of drug-likeness (QED) is 0.536.